The third kappa shape index (κ3) is 4.60. The topological polar surface area (TPSA) is 42.0 Å². The number of morpholine rings is 1. The molecule has 0 aromatic heterocycles. The molecule has 0 N–H and O–H groups in total. The Bertz CT molecular complexity index is 525. The number of nitrogens with zero attached hydrogens (tertiary/aromatic N) is 2. The quantitative estimate of drug-likeness (QED) is 0.740. The van der Waals surface area contributed by atoms with Crippen molar-refractivity contribution >= 4 is 5.97 Å². The predicted molar refractivity (Wildman–Crippen MR) is 97.4 cm³/mol. The van der Waals surface area contributed by atoms with Gasteiger partial charge >= 0.3 is 5.97 Å². The van der Waals surface area contributed by atoms with Crippen LogP contribution in [0.4, 0.5) is 0 Å². The normalized spacial score (nSPS) is 22.3. The maximum atomic E-state index is 13.0. The highest BCUT2D eigenvalue weighted by molar-refractivity contribution is 5.77. The molecule has 2 atom stereocenters. The number of rotatable bonds is 6. The highest BCUT2D eigenvalue weighted by Gasteiger charge is 2.40. The summed E-state index contributed by atoms with van der Waals surface area (Å²) in [5.41, 5.74) is 1.19. The Hall–Kier alpha value is -1.43. The Morgan fingerprint density at radius 1 is 1.04 bits per heavy atom. The summed E-state index contributed by atoms with van der Waals surface area (Å²) in [4.78, 5) is 17.7. The van der Waals surface area contributed by atoms with Gasteiger partial charge in [-0.2, -0.15) is 0 Å². The van der Waals surface area contributed by atoms with Crippen molar-refractivity contribution in [2.75, 3.05) is 46.0 Å². The van der Waals surface area contributed by atoms with Gasteiger partial charge in [0, 0.05) is 13.1 Å². The molecule has 25 heavy (non-hydrogen) atoms. The molecule has 2 aliphatic rings. The van der Waals surface area contributed by atoms with Crippen LogP contribution >= 0.6 is 0 Å². The van der Waals surface area contributed by atoms with Crippen molar-refractivity contribution in [3.63, 3.8) is 0 Å². The lowest BCUT2D eigenvalue weighted by atomic mass is 9.94. The van der Waals surface area contributed by atoms with Gasteiger partial charge in [0.15, 0.2) is 0 Å². The minimum Gasteiger partial charge on any atom is -0.465 e. The summed E-state index contributed by atoms with van der Waals surface area (Å²) in [5.74, 6) is -0.0928. The molecular weight excluding hydrogens is 316 g/mol. The molecule has 2 heterocycles. The Balaban J connectivity index is 1.93. The predicted octanol–water partition coefficient (Wildman–Crippen LogP) is 2.48. The van der Waals surface area contributed by atoms with Crippen LogP contribution in [0.2, 0.25) is 0 Å². The summed E-state index contributed by atoms with van der Waals surface area (Å²) >= 11 is 0. The number of ether oxygens (including phenoxy) is 2. The van der Waals surface area contributed by atoms with Crippen molar-refractivity contribution in [3.05, 3.63) is 35.9 Å². The maximum Gasteiger partial charge on any atom is 0.325 e. The molecule has 0 saturated carbocycles. The second-order valence-electron chi connectivity index (χ2n) is 6.80. The molecule has 0 unspecified atom stereocenters. The lowest BCUT2D eigenvalue weighted by Gasteiger charge is -2.43. The Morgan fingerprint density at radius 2 is 1.72 bits per heavy atom. The fourth-order valence-electron chi connectivity index (χ4n) is 4.00. The molecule has 0 radical (unpaired) electrons. The van der Waals surface area contributed by atoms with Gasteiger partial charge in [0.2, 0.25) is 0 Å². The van der Waals surface area contributed by atoms with Crippen LogP contribution < -0.4 is 0 Å². The third-order valence-corrected chi connectivity index (χ3v) is 5.19. The average Bonchev–Trinajstić information content (AvgIpc) is 2.68. The second kappa shape index (κ2) is 9.32. The summed E-state index contributed by atoms with van der Waals surface area (Å²) in [7, 11) is 0. The van der Waals surface area contributed by atoms with E-state index in [4.69, 9.17) is 9.47 Å². The van der Waals surface area contributed by atoms with Gasteiger partial charge in [-0.3, -0.25) is 14.6 Å². The molecule has 0 bridgehead atoms. The van der Waals surface area contributed by atoms with Gasteiger partial charge in [-0.15, -0.1) is 0 Å². The maximum absolute atomic E-state index is 13.0. The van der Waals surface area contributed by atoms with Gasteiger partial charge in [-0.25, -0.2) is 0 Å². The van der Waals surface area contributed by atoms with E-state index in [1.54, 1.807) is 0 Å². The van der Waals surface area contributed by atoms with E-state index in [2.05, 4.69) is 34.1 Å². The zero-order valence-corrected chi connectivity index (χ0v) is 15.2. The molecule has 2 aliphatic heterocycles. The van der Waals surface area contributed by atoms with Crippen LogP contribution in [0.15, 0.2) is 30.3 Å². The fourth-order valence-corrected chi connectivity index (χ4v) is 4.00. The van der Waals surface area contributed by atoms with Crippen molar-refractivity contribution < 1.29 is 14.3 Å². The van der Waals surface area contributed by atoms with Crippen molar-refractivity contribution in [2.24, 2.45) is 0 Å². The summed E-state index contributed by atoms with van der Waals surface area (Å²) < 4.78 is 11.1. The van der Waals surface area contributed by atoms with Gasteiger partial charge < -0.3 is 9.47 Å². The zero-order valence-electron chi connectivity index (χ0n) is 15.2. The van der Waals surface area contributed by atoms with Crippen LogP contribution in [0.3, 0.4) is 0 Å². The van der Waals surface area contributed by atoms with E-state index in [9.17, 15) is 4.79 Å². The van der Waals surface area contributed by atoms with Crippen molar-refractivity contribution in [2.45, 2.75) is 38.3 Å². The SMILES string of the molecule is CCOC(=O)[C@H]([C@@H](c1ccccc1)N1CCOCC1)N1CCCCC1. The summed E-state index contributed by atoms with van der Waals surface area (Å²) in [6, 6.07) is 10.2. The molecule has 0 spiro atoms. The number of likely N-dealkylation sites (tertiary alicyclic amines) is 1. The van der Waals surface area contributed by atoms with Crippen LogP contribution in [0.5, 0.6) is 0 Å². The van der Waals surface area contributed by atoms with E-state index in [1.807, 2.05) is 13.0 Å². The number of piperidine rings is 1. The number of hydrogen-bond donors (Lipinski definition) is 0. The van der Waals surface area contributed by atoms with E-state index >= 15 is 0 Å². The van der Waals surface area contributed by atoms with Crippen molar-refractivity contribution in [1.82, 2.24) is 9.80 Å². The first-order chi connectivity index (χ1) is 12.3. The Kier molecular flexibility index (Phi) is 6.84. The Morgan fingerprint density at radius 3 is 2.36 bits per heavy atom. The first-order valence-electron chi connectivity index (χ1n) is 9.58. The van der Waals surface area contributed by atoms with Gasteiger partial charge in [-0.05, 0) is 38.4 Å². The van der Waals surface area contributed by atoms with Crippen LogP contribution in [-0.4, -0.2) is 67.8 Å². The smallest absolute Gasteiger partial charge is 0.325 e. The summed E-state index contributed by atoms with van der Waals surface area (Å²) in [6.45, 7) is 7.39. The van der Waals surface area contributed by atoms with Crippen molar-refractivity contribution in [3.8, 4) is 0 Å². The van der Waals surface area contributed by atoms with Gasteiger partial charge in [0.25, 0.3) is 0 Å². The molecule has 5 heteroatoms. The van der Waals surface area contributed by atoms with Crippen LogP contribution in [0.1, 0.15) is 37.8 Å². The molecule has 0 amide bonds. The molecule has 2 fully saturated rings. The van der Waals surface area contributed by atoms with E-state index < -0.39 is 0 Å². The number of benzene rings is 1. The van der Waals surface area contributed by atoms with E-state index in [-0.39, 0.29) is 18.1 Å². The first kappa shape index (κ1) is 18.4. The van der Waals surface area contributed by atoms with Gasteiger partial charge in [0.1, 0.15) is 6.04 Å². The molecular formula is C20H30N2O3. The minimum absolute atomic E-state index is 0.0160. The van der Waals surface area contributed by atoms with E-state index in [0.29, 0.717) is 6.61 Å². The molecule has 2 saturated heterocycles. The highest BCUT2D eigenvalue weighted by Crippen LogP contribution is 2.31. The standard InChI is InChI=1S/C20H30N2O3/c1-2-25-20(23)19(21-11-7-4-8-12-21)18(17-9-5-3-6-10-17)22-13-15-24-16-14-22/h3,5-6,9-10,18-19H,2,4,7-8,11-16H2,1H3/t18-,19+/m1/s1. The molecule has 0 aliphatic carbocycles. The van der Waals surface area contributed by atoms with Gasteiger partial charge in [-0.1, -0.05) is 36.8 Å². The molecule has 5 nitrogen and oxygen atoms in total. The van der Waals surface area contributed by atoms with E-state index in [0.717, 1.165) is 52.2 Å². The number of esters is 1. The van der Waals surface area contributed by atoms with Crippen LogP contribution in [-0.2, 0) is 14.3 Å². The minimum atomic E-state index is -0.249. The summed E-state index contributed by atoms with van der Waals surface area (Å²) in [5, 5.41) is 0. The molecule has 1 aromatic carbocycles. The highest BCUT2D eigenvalue weighted by atomic mass is 16.5. The lowest BCUT2D eigenvalue weighted by Crippen LogP contribution is -2.54. The molecule has 138 valence electrons. The molecule has 3 rings (SSSR count). The van der Waals surface area contributed by atoms with Crippen LogP contribution in [0.25, 0.3) is 0 Å². The first-order valence-corrected chi connectivity index (χ1v) is 9.58. The number of carbonyl (C=O) groups excluding carboxylic acids is 1. The largest absolute Gasteiger partial charge is 0.465 e. The second-order valence-corrected chi connectivity index (χ2v) is 6.80. The monoisotopic (exact) mass is 346 g/mol. The Labute approximate surface area is 150 Å². The van der Waals surface area contributed by atoms with Crippen LogP contribution in [0, 0.1) is 0 Å². The fraction of sp³-hybridized carbons (Fsp3) is 0.650. The number of hydrogen-bond acceptors (Lipinski definition) is 5. The lowest BCUT2D eigenvalue weighted by molar-refractivity contribution is -0.154. The third-order valence-electron chi connectivity index (χ3n) is 5.19. The van der Waals surface area contributed by atoms with E-state index in [1.165, 1.54) is 12.0 Å². The number of carbonyl (C=O) groups is 1. The van der Waals surface area contributed by atoms with Crippen molar-refractivity contribution in [1.29, 1.82) is 0 Å². The summed E-state index contributed by atoms with van der Waals surface area (Å²) in [6.07, 6.45) is 3.56. The molecule has 1 aromatic rings. The zero-order chi connectivity index (χ0) is 17.5. The average molecular weight is 346 g/mol. The van der Waals surface area contributed by atoms with Gasteiger partial charge in [0.05, 0.1) is 25.9 Å².